The molecule has 3 rings (SSSR count). The largest absolute Gasteiger partial charge is 0.396 e. The van der Waals surface area contributed by atoms with Crippen LogP contribution in [0.2, 0.25) is 0 Å². The van der Waals surface area contributed by atoms with Crippen molar-refractivity contribution < 1.29 is 9.90 Å². The zero-order chi connectivity index (χ0) is 16.9. The standard InChI is InChI=1S/C18H24N4O2/c1-14-7-19-22(8-14)12-18(24)20-17-11-21(10-16(17)13-23)9-15-5-3-2-4-6-15/h2-8,16-17,23H,9-13H2,1H3,(H,20,24)/t16-,17+/m0/s1. The number of aromatic nitrogens is 2. The number of hydrogen-bond acceptors (Lipinski definition) is 4. The number of carbonyl (C=O) groups excluding carboxylic acids is 1. The zero-order valence-electron chi connectivity index (χ0n) is 13.9. The lowest BCUT2D eigenvalue weighted by Gasteiger charge is -2.18. The van der Waals surface area contributed by atoms with Crippen LogP contribution in [0.15, 0.2) is 42.7 Å². The Morgan fingerprint density at radius 2 is 2.12 bits per heavy atom. The predicted octanol–water partition coefficient (Wildman–Crippen LogP) is 0.801. The molecule has 2 atom stereocenters. The first kappa shape index (κ1) is 16.7. The van der Waals surface area contributed by atoms with Crippen LogP contribution in [0.1, 0.15) is 11.1 Å². The van der Waals surface area contributed by atoms with Gasteiger partial charge in [-0.3, -0.25) is 14.4 Å². The quantitative estimate of drug-likeness (QED) is 0.823. The van der Waals surface area contributed by atoms with Crippen molar-refractivity contribution in [1.29, 1.82) is 0 Å². The number of carbonyl (C=O) groups is 1. The molecule has 1 aliphatic heterocycles. The highest BCUT2D eigenvalue weighted by Crippen LogP contribution is 2.19. The van der Waals surface area contributed by atoms with E-state index in [-0.39, 0.29) is 31.0 Å². The van der Waals surface area contributed by atoms with Crippen molar-refractivity contribution in [3.8, 4) is 0 Å². The van der Waals surface area contributed by atoms with E-state index in [0.717, 1.165) is 25.2 Å². The molecule has 1 aromatic carbocycles. The average Bonchev–Trinajstić information content (AvgIpc) is 3.14. The Kier molecular flexibility index (Phi) is 5.27. The summed E-state index contributed by atoms with van der Waals surface area (Å²) in [5, 5.41) is 16.8. The molecule has 1 amide bonds. The molecule has 6 heteroatoms. The normalized spacial score (nSPS) is 21.1. The van der Waals surface area contributed by atoms with Crippen LogP contribution < -0.4 is 5.32 Å². The predicted molar refractivity (Wildman–Crippen MR) is 91.2 cm³/mol. The second-order valence-corrected chi connectivity index (χ2v) is 6.51. The molecule has 1 saturated heterocycles. The first-order valence-corrected chi connectivity index (χ1v) is 8.29. The summed E-state index contributed by atoms with van der Waals surface area (Å²) >= 11 is 0. The van der Waals surface area contributed by atoms with Crippen LogP contribution in [-0.2, 0) is 17.9 Å². The van der Waals surface area contributed by atoms with E-state index in [4.69, 9.17) is 0 Å². The van der Waals surface area contributed by atoms with Gasteiger partial charge in [0.25, 0.3) is 0 Å². The molecule has 24 heavy (non-hydrogen) atoms. The van der Waals surface area contributed by atoms with Crippen molar-refractivity contribution in [1.82, 2.24) is 20.0 Å². The van der Waals surface area contributed by atoms with E-state index in [1.54, 1.807) is 10.9 Å². The SMILES string of the molecule is Cc1cnn(CC(=O)N[C@@H]2CN(Cc3ccccc3)C[C@H]2CO)c1. The number of likely N-dealkylation sites (tertiary alicyclic amines) is 1. The van der Waals surface area contributed by atoms with Crippen LogP contribution in [0.5, 0.6) is 0 Å². The molecule has 0 bridgehead atoms. The lowest BCUT2D eigenvalue weighted by Crippen LogP contribution is -2.43. The highest BCUT2D eigenvalue weighted by Gasteiger charge is 2.33. The number of aryl methyl sites for hydroxylation is 1. The number of aliphatic hydroxyl groups excluding tert-OH is 1. The van der Waals surface area contributed by atoms with E-state index >= 15 is 0 Å². The van der Waals surface area contributed by atoms with Gasteiger partial charge in [-0.05, 0) is 18.1 Å². The van der Waals surface area contributed by atoms with Gasteiger partial charge in [0, 0.05) is 44.4 Å². The third-order valence-electron chi connectivity index (χ3n) is 4.41. The van der Waals surface area contributed by atoms with Crippen LogP contribution in [0.4, 0.5) is 0 Å². The van der Waals surface area contributed by atoms with Gasteiger partial charge in [-0.2, -0.15) is 5.10 Å². The Hall–Kier alpha value is -2.18. The molecular formula is C18H24N4O2. The zero-order valence-corrected chi connectivity index (χ0v) is 13.9. The van der Waals surface area contributed by atoms with E-state index in [2.05, 4.69) is 27.4 Å². The van der Waals surface area contributed by atoms with Crippen LogP contribution >= 0.6 is 0 Å². The Morgan fingerprint density at radius 1 is 1.33 bits per heavy atom. The molecule has 6 nitrogen and oxygen atoms in total. The number of amides is 1. The van der Waals surface area contributed by atoms with Crippen molar-refractivity contribution in [2.45, 2.75) is 26.1 Å². The second kappa shape index (κ2) is 7.59. The Bertz CT molecular complexity index is 671. The molecule has 128 valence electrons. The molecule has 2 aromatic rings. The Balaban J connectivity index is 1.55. The van der Waals surface area contributed by atoms with Gasteiger partial charge in [-0.15, -0.1) is 0 Å². The van der Waals surface area contributed by atoms with Gasteiger partial charge in [0.1, 0.15) is 6.54 Å². The minimum absolute atomic E-state index is 0.0251. The summed E-state index contributed by atoms with van der Waals surface area (Å²) in [6, 6.07) is 10.2. The topological polar surface area (TPSA) is 70.4 Å². The molecule has 2 N–H and O–H groups in total. The summed E-state index contributed by atoms with van der Waals surface area (Å²) in [5.41, 5.74) is 2.28. The Morgan fingerprint density at radius 3 is 2.79 bits per heavy atom. The monoisotopic (exact) mass is 328 g/mol. The highest BCUT2D eigenvalue weighted by atomic mass is 16.3. The van der Waals surface area contributed by atoms with Crippen molar-refractivity contribution in [3.05, 3.63) is 53.9 Å². The first-order chi connectivity index (χ1) is 11.6. The second-order valence-electron chi connectivity index (χ2n) is 6.51. The third kappa shape index (κ3) is 4.21. The summed E-state index contributed by atoms with van der Waals surface area (Å²) in [6.45, 7) is 4.61. The molecule has 2 heterocycles. The van der Waals surface area contributed by atoms with E-state index in [1.807, 2.05) is 31.3 Å². The molecule has 0 spiro atoms. The smallest absolute Gasteiger partial charge is 0.242 e. The summed E-state index contributed by atoms with van der Waals surface area (Å²) in [7, 11) is 0. The summed E-state index contributed by atoms with van der Waals surface area (Å²) in [6.07, 6.45) is 3.58. The summed E-state index contributed by atoms with van der Waals surface area (Å²) in [4.78, 5) is 14.5. The van der Waals surface area contributed by atoms with Gasteiger partial charge in [-0.25, -0.2) is 0 Å². The molecule has 1 aromatic heterocycles. The molecule has 0 saturated carbocycles. The lowest BCUT2D eigenvalue weighted by molar-refractivity contribution is -0.122. The van der Waals surface area contributed by atoms with Gasteiger partial charge < -0.3 is 10.4 Å². The number of nitrogens with zero attached hydrogens (tertiary/aromatic N) is 3. The van der Waals surface area contributed by atoms with Crippen molar-refractivity contribution in [2.24, 2.45) is 5.92 Å². The van der Waals surface area contributed by atoms with Gasteiger partial charge in [0.15, 0.2) is 0 Å². The van der Waals surface area contributed by atoms with Crippen molar-refractivity contribution in [3.63, 3.8) is 0 Å². The number of rotatable bonds is 6. The fourth-order valence-corrected chi connectivity index (χ4v) is 3.23. The minimum atomic E-state index is -0.0666. The van der Waals surface area contributed by atoms with E-state index in [1.165, 1.54) is 5.56 Å². The van der Waals surface area contributed by atoms with Crippen molar-refractivity contribution >= 4 is 5.91 Å². The average molecular weight is 328 g/mol. The fraction of sp³-hybridized carbons (Fsp3) is 0.444. The van der Waals surface area contributed by atoms with Crippen LogP contribution in [0.3, 0.4) is 0 Å². The molecule has 0 aliphatic carbocycles. The van der Waals surface area contributed by atoms with E-state index < -0.39 is 0 Å². The molecule has 0 radical (unpaired) electrons. The number of nitrogens with one attached hydrogen (secondary N) is 1. The van der Waals surface area contributed by atoms with Gasteiger partial charge in [0.05, 0.1) is 6.20 Å². The van der Waals surface area contributed by atoms with Gasteiger partial charge >= 0.3 is 0 Å². The molecular weight excluding hydrogens is 304 g/mol. The minimum Gasteiger partial charge on any atom is -0.396 e. The summed E-state index contributed by atoms with van der Waals surface area (Å²) < 4.78 is 1.63. The molecule has 1 aliphatic rings. The van der Waals surface area contributed by atoms with Gasteiger partial charge in [-0.1, -0.05) is 30.3 Å². The van der Waals surface area contributed by atoms with Gasteiger partial charge in [0.2, 0.25) is 5.91 Å². The maximum absolute atomic E-state index is 12.2. The summed E-state index contributed by atoms with van der Waals surface area (Å²) in [5.74, 6) is 0.000121. The number of aliphatic hydroxyl groups is 1. The third-order valence-corrected chi connectivity index (χ3v) is 4.41. The number of hydrogen-bond donors (Lipinski definition) is 2. The van der Waals surface area contributed by atoms with Crippen LogP contribution in [0, 0.1) is 12.8 Å². The Labute approximate surface area is 142 Å². The fourth-order valence-electron chi connectivity index (χ4n) is 3.23. The van der Waals surface area contributed by atoms with Crippen molar-refractivity contribution in [2.75, 3.05) is 19.7 Å². The van der Waals surface area contributed by atoms with Crippen LogP contribution in [-0.4, -0.2) is 51.4 Å². The van der Waals surface area contributed by atoms with E-state index in [9.17, 15) is 9.90 Å². The number of benzene rings is 1. The van der Waals surface area contributed by atoms with E-state index in [0.29, 0.717) is 0 Å². The highest BCUT2D eigenvalue weighted by molar-refractivity contribution is 5.76. The molecule has 0 unspecified atom stereocenters. The lowest BCUT2D eigenvalue weighted by atomic mass is 10.1. The first-order valence-electron chi connectivity index (χ1n) is 8.29. The molecule has 1 fully saturated rings. The maximum atomic E-state index is 12.2. The maximum Gasteiger partial charge on any atom is 0.242 e. The van der Waals surface area contributed by atoms with Crippen LogP contribution in [0.25, 0.3) is 0 Å².